The number of fused-ring (bicyclic) bond motifs is 1. The zero-order valence-electron chi connectivity index (χ0n) is 12.7. The summed E-state index contributed by atoms with van der Waals surface area (Å²) in [7, 11) is 0. The van der Waals surface area contributed by atoms with Crippen LogP contribution in [-0.2, 0) is 4.79 Å². The van der Waals surface area contributed by atoms with E-state index in [1.54, 1.807) is 18.2 Å². The van der Waals surface area contributed by atoms with Gasteiger partial charge in [0.25, 0.3) is 0 Å². The molecule has 4 heteroatoms. The van der Waals surface area contributed by atoms with Crippen molar-refractivity contribution in [2.45, 2.75) is 19.8 Å². The molecule has 3 aromatic rings. The number of benzene rings is 2. The second-order valence-corrected chi connectivity index (χ2v) is 5.19. The fraction of sp³-hybridized carbons (Fsp3) is 0.158. The van der Waals surface area contributed by atoms with E-state index < -0.39 is 0 Å². The van der Waals surface area contributed by atoms with Crippen molar-refractivity contribution in [1.82, 2.24) is 0 Å². The van der Waals surface area contributed by atoms with Crippen LogP contribution >= 0.6 is 0 Å². The fourth-order valence-electron chi connectivity index (χ4n) is 2.39. The Morgan fingerprint density at radius 2 is 1.87 bits per heavy atom. The summed E-state index contributed by atoms with van der Waals surface area (Å²) in [6, 6.07) is 15.8. The highest BCUT2D eigenvalue weighted by Crippen LogP contribution is 2.27. The molecule has 0 amide bonds. The van der Waals surface area contributed by atoms with Crippen LogP contribution in [0, 0.1) is 0 Å². The number of hydrogen-bond donors (Lipinski definition) is 0. The summed E-state index contributed by atoms with van der Waals surface area (Å²) in [5, 5.41) is 0.289. The van der Waals surface area contributed by atoms with Crippen molar-refractivity contribution in [1.29, 1.82) is 0 Å². The third-order valence-electron chi connectivity index (χ3n) is 3.45. The topological polar surface area (TPSA) is 56.5 Å². The number of ether oxygens (including phenoxy) is 1. The van der Waals surface area contributed by atoms with E-state index in [0.29, 0.717) is 24.2 Å². The molecule has 0 fully saturated rings. The maximum Gasteiger partial charge on any atom is 0.311 e. The van der Waals surface area contributed by atoms with Gasteiger partial charge in [0.15, 0.2) is 5.43 Å². The van der Waals surface area contributed by atoms with Crippen molar-refractivity contribution in [3.63, 3.8) is 0 Å². The minimum absolute atomic E-state index is 0.231. The molecule has 0 saturated heterocycles. The first-order chi connectivity index (χ1) is 11.2. The lowest BCUT2D eigenvalue weighted by Gasteiger charge is -2.08. The predicted octanol–water partition coefficient (Wildman–Crippen LogP) is 4.17. The molecule has 0 radical (unpaired) electrons. The second kappa shape index (κ2) is 6.48. The molecule has 2 aromatic carbocycles. The van der Waals surface area contributed by atoms with Gasteiger partial charge in [0.1, 0.15) is 22.5 Å². The zero-order chi connectivity index (χ0) is 16.2. The first-order valence-electron chi connectivity index (χ1n) is 7.52. The van der Waals surface area contributed by atoms with E-state index in [1.165, 1.54) is 6.07 Å². The van der Waals surface area contributed by atoms with Gasteiger partial charge in [-0.1, -0.05) is 43.3 Å². The highest BCUT2D eigenvalue weighted by atomic mass is 16.5. The molecule has 0 aliphatic rings. The monoisotopic (exact) mass is 308 g/mol. The lowest BCUT2D eigenvalue weighted by Crippen LogP contribution is -2.10. The highest BCUT2D eigenvalue weighted by molar-refractivity contribution is 5.87. The predicted molar refractivity (Wildman–Crippen MR) is 88.5 cm³/mol. The number of hydrogen-bond acceptors (Lipinski definition) is 4. The average Bonchev–Trinajstić information content (AvgIpc) is 2.55. The van der Waals surface area contributed by atoms with E-state index in [0.717, 1.165) is 5.56 Å². The average molecular weight is 308 g/mol. The molecular weight excluding hydrogens is 292 g/mol. The highest BCUT2D eigenvalue weighted by Gasteiger charge is 2.13. The van der Waals surface area contributed by atoms with Crippen LogP contribution in [0.25, 0.3) is 22.3 Å². The quantitative estimate of drug-likeness (QED) is 0.536. The lowest BCUT2D eigenvalue weighted by atomic mass is 10.1. The van der Waals surface area contributed by atoms with E-state index >= 15 is 0 Å². The van der Waals surface area contributed by atoms with Gasteiger partial charge in [0.2, 0.25) is 0 Å². The van der Waals surface area contributed by atoms with Gasteiger partial charge in [-0.3, -0.25) is 9.59 Å². The lowest BCUT2D eigenvalue weighted by molar-refractivity contribution is -0.134. The summed E-state index contributed by atoms with van der Waals surface area (Å²) in [5.41, 5.74) is 0.989. The molecule has 0 aliphatic carbocycles. The molecule has 23 heavy (non-hydrogen) atoms. The number of rotatable bonds is 4. The van der Waals surface area contributed by atoms with Crippen molar-refractivity contribution in [2.75, 3.05) is 0 Å². The summed E-state index contributed by atoms with van der Waals surface area (Å²) in [4.78, 5) is 24.2. The number of carbonyl (C=O) groups is 1. The van der Waals surface area contributed by atoms with Crippen LogP contribution in [0.3, 0.4) is 0 Å². The molecule has 3 rings (SSSR count). The van der Waals surface area contributed by atoms with Crippen molar-refractivity contribution in [3.05, 3.63) is 64.8 Å². The molecule has 0 unspecified atom stereocenters. The van der Waals surface area contributed by atoms with E-state index in [-0.39, 0.29) is 22.5 Å². The largest absolute Gasteiger partial charge is 0.456 e. The second-order valence-electron chi connectivity index (χ2n) is 5.19. The molecule has 0 atom stereocenters. The van der Waals surface area contributed by atoms with Gasteiger partial charge < -0.3 is 9.15 Å². The maximum absolute atomic E-state index is 12.5. The van der Waals surface area contributed by atoms with Gasteiger partial charge in [-0.2, -0.15) is 0 Å². The maximum atomic E-state index is 12.5. The number of esters is 1. The third-order valence-corrected chi connectivity index (χ3v) is 3.45. The smallest absolute Gasteiger partial charge is 0.311 e. The van der Waals surface area contributed by atoms with Crippen molar-refractivity contribution in [2.24, 2.45) is 0 Å². The third kappa shape index (κ3) is 3.16. The van der Waals surface area contributed by atoms with Crippen molar-refractivity contribution < 1.29 is 13.9 Å². The molecule has 1 aromatic heterocycles. The molecule has 0 saturated carbocycles. The molecule has 116 valence electrons. The van der Waals surface area contributed by atoms with Gasteiger partial charge in [-0.25, -0.2) is 0 Å². The summed E-state index contributed by atoms with van der Waals surface area (Å²) < 4.78 is 11.1. The van der Waals surface area contributed by atoms with Crippen LogP contribution in [0.15, 0.2) is 63.8 Å². The van der Waals surface area contributed by atoms with Crippen LogP contribution in [0.2, 0.25) is 0 Å². The van der Waals surface area contributed by atoms with Crippen molar-refractivity contribution in [3.8, 4) is 17.1 Å². The minimum Gasteiger partial charge on any atom is -0.456 e. The van der Waals surface area contributed by atoms with Crippen LogP contribution in [0.5, 0.6) is 5.75 Å². The molecule has 4 nitrogen and oxygen atoms in total. The Balaban J connectivity index is 2.10. The Bertz CT molecular complexity index is 894. The minimum atomic E-state index is -0.355. The number of carbonyl (C=O) groups excluding carboxylic acids is 1. The van der Waals surface area contributed by atoms with Gasteiger partial charge in [-0.15, -0.1) is 0 Å². The van der Waals surface area contributed by atoms with E-state index in [4.69, 9.17) is 9.15 Å². The molecule has 0 spiro atoms. The summed E-state index contributed by atoms with van der Waals surface area (Å²) in [6.45, 7) is 1.89. The SMILES string of the molecule is CCCC(=O)Oc1cccc2oc(-c3ccccc3)cc(=O)c12. The van der Waals surface area contributed by atoms with Gasteiger partial charge >= 0.3 is 5.97 Å². The fourth-order valence-corrected chi connectivity index (χ4v) is 2.39. The van der Waals surface area contributed by atoms with E-state index in [1.807, 2.05) is 37.3 Å². The Morgan fingerprint density at radius 3 is 2.61 bits per heavy atom. The summed E-state index contributed by atoms with van der Waals surface area (Å²) in [6.07, 6.45) is 1.00. The van der Waals surface area contributed by atoms with Gasteiger partial charge in [-0.05, 0) is 18.6 Å². The zero-order valence-corrected chi connectivity index (χ0v) is 12.7. The van der Waals surface area contributed by atoms with Crippen LogP contribution in [-0.4, -0.2) is 5.97 Å². The van der Waals surface area contributed by atoms with Crippen LogP contribution in [0.4, 0.5) is 0 Å². The Labute approximate surface area is 133 Å². The summed E-state index contributed by atoms with van der Waals surface area (Å²) >= 11 is 0. The Morgan fingerprint density at radius 1 is 1.09 bits per heavy atom. The van der Waals surface area contributed by atoms with Crippen LogP contribution in [0.1, 0.15) is 19.8 Å². The Kier molecular flexibility index (Phi) is 4.24. The van der Waals surface area contributed by atoms with Gasteiger partial charge in [0, 0.05) is 18.1 Å². The molecule has 0 N–H and O–H groups in total. The molecule has 0 aliphatic heterocycles. The standard InChI is InChI=1S/C19H16O4/c1-2-7-18(21)23-16-11-6-10-15-19(16)14(20)12-17(22-15)13-8-4-3-5-9-13/h3-6,8-12H,2,7H2,1H3. The van der Waals surface area contributed by atoms with Gasteiger partial charge in [0.05, 0.1) is 0 Å². The molecule has 1 heterocycles. The Hall–Kier alpha value is -2.88. The van der Waals surface area contributed by atoms with Crippen molar-refractivity contribution >= 4 is 16.9 Å². The van der Waals surface area contributed by atoms with E-state index in [2.05, 4.69) is 0 Å². The van der Waals surface area contributed by atoms with Crippen LogP contribution < -0.4 is 10.2 Å². The molecular formula is C19H16O4. The first-order valence-corrected chi connectivity index (χ1v) is 7.52. The normalized spacial score (nSPS) is 10.7. The summed E-state index contributed by atoms with van der Waals surface area (Å²) in [5.74, 6) is 0.376. The first kappa shape index (κ1) is 15.0. The molecule has 0 bridgehead atoms. The van der Waals surface area contributed by atoms with E-state index in [9.17, 15) is 9.59 Å².